The number of hydrogen-bond acceptors (Lipinski definition) is 3. The Morgan fingerprint density at radius 1 is 1.29 bits per heavy atom. The smallest absolute Gasteiger partial charge is 0.00580 e. The van der Waals surface area contributed by atoms with Crippen LogP contribution in [0.5, 0.6) is 0 Å². The Hall–Kier alpha value is 0.270. The van der Waals surface area contributed by atoms with Gasteiger partial charge in [-0.1, -0.05) is 20.8 Å². The average Bonchev–Trinajstić information content (AvgIpc) is 2.01. The second kappa shape index (κ2) is 7.55. The van der Waals surface area contributed by atoms with Crippen molar-refractivity contribution in [2.75, 3.05) is 45.2 Å². The Morgan fingerprint density at radius 2 is 1.93 bits per heavy atom. The number of rotatable bonds is 8. The Bertz CT molecular complexity index is 135. The summed E-state index contributed by atoms with van der Waals surface area (Å²) in [5.74, 6) is 2.46. The normalized spacial score (nSPS) is 12.4. The van der Waals surface area contributed by atoms with E-state index in [9.17, 15) is 0 Å². The van der Waals surface area contributed by atoms with Gasteiger partial charge in [-0.3, -0.25) is 0 Å². The van der Waals surface area contributed by atoms with E-state index in [0.29, 0.717) is 5.41 Å². The maximum atomic E-state index is 3.52. The standard InChI is InChI=1S/C11H26N2S/c1-6-14-8-7-12-9-11(2,3)10-13(4)5/h12H,6-10H2,1-5H3. The lowest BCUT2D eigenvalue weighted by atomic mass is 9.93. The van der Waals surface area contributed by atoms with Crippen molar-refractivity contribution in [1.82, 2.24) is 10.2 Å². The largest absolute Gasteiger partial charge is 0.315 e. The minimum Gasteiger partial charge on any atom is -0.315 e. The molecule has 3 heteroatoms. The zero-order valence-corrected chi connectivity index (χ0v) is 11.2. The molecule has 2 nitrogen and oxygen atoms in total. The fourth-order valence-electron chi connectivity index (χ4n) is 1.63. The molecule has 0 aliphatic rings. The van der Waals surface area contributed by atoms with Crippen LogP contribution in [-0.2, 0) is 0 Å². The summed E-state index contributed by atoms with van der Waals surface area (Å²) in [6.45, 7) is 10.2. The van der Waals surface area contributed by atoms with Gasteiger partial charge in [0.15, 0.2) is 0 Å². The van der Waals surface area contributed by atoms with Crippen LogP contribution >= 0.6 is 11.8 Å². The summed E-state index contributed by atoms with van der Waals surface area (Å²) in [6.07, 6.45) is 0. The van der Waals surface area contributed by atoms with Crippen LogP contribution in [0.2, 0.25) is 0 Å². The van der Waals surface area contributed by atoms with Crippen molar-refractivity contribution in [2.24, 2.45) is 5.41 Å². The third kappa shape index (κ3) is 8.85. The molecule has 0 saturated heterocycles. The molecule has 0 fully saturated rings. The van der Waals surface area contributed by atoms with E-state index < -0.39 is 0 Å². The van der Waals surface area contributed by atoms with Gasteiger partial charge in [0.05, 0.1) is 0 Å². The van der Waals surface area contributed by atoms with Crippen LogP contribution in [0, 0.1) is 5.41 Å². The zero-order chi connectivity index (χ0) is 11.0. The van der Waals surface area contributed by atoms with Gasteiger partial charge in [-0.25, -0.2) is 0 Å². The van der Waals surface area contributed by atoms with Gasteiger partial charge in [0, 0.05) is 25.4 Å². The topological polar surface area (TPSA) is 15.3 Å². The van der Waals surface area contributed by atoms with Gasteiger partial charge in [-0.05, 0) is 25.3 Å². The van der Waals surface area contributed by atoms with Crippen LogP contribution in [0.3, 0.4) is 0 Å². The van der Waals surface area contributed by atoms with Gasteiger partial charge in [0.2, 0.25) is 0 Å². The maximum absolute atomic E-state index is 3.52. The monoisotopic (exact) mass is 218 g/mol. The Morgan fingerprint density at radius 3 is 2.43 bits per heavy atom. The fraction of sp³-hybridized carbons (Fsp3) is 1.00. The lowest BCUT2D eigenvalue weighted by molar-refractivity contribution is 0.234. The number of nitrogens with one attached hydrogen (secondary N) is 1. The predicted molar refractivity (Wildman–Crippen MR) is 68.2 cm³/mol. The molecule has 0 aromatic heterocycles. The van der Waals surface area contributed by atoms with Gasteiger partial charge in [0.25, 0.3) is 0 Å². The SMILES string of the molecule is CCSCCNCC(C)(C)CN(C)C. The van der Waals surface area contributed by atoms with E-state index in [4.69, 9.17) is 0 Å². The molecule has 1 N–H and O–H groups in total. The molecule has 0 heterocycles. The number of hydrogen-bond donors (Lipinski definition) is 1. The van der Waals surface area contributed by atoms with Crippen LogP contribution < -0.4 is 5.32 Å². The summed E-state index contributed by atoms with van der Waals surface area (Å²) in [4.78, 5) is 2.25. The summed E-state index contributed by atoms with van der Waals surface area (Å²) in [7, 11) is 4.27. The predicted octanol–water partition coefficient (Wildman–Crippen LogP) is 1.92. The lowest BCUT2D eigenvalue weighted by Crippen LogP contribution is -2.38. The van der Waals surface area contributed by atoms with Crippen LogP contribution in [0.4, 0.5) is 0 Å². The molecule has 0 spiro atoms. The summed E-state index contributed by atoms with van der Waals surface area (Å²) in [5, 5.41) is 3.52. The minimum atomic E-state index is 0.375. The first kappa shape index (κ1) is 14.3. The molecular weight excluding hydrogens is 192 g/mol. The first-order valence-corrected chi connectivity index (χ1v) is 6.56. The lowest BCUT2D eigenvalue weighted by Gasteiger charge is -2.28. The number of nitrogens with zero attached hydrogens (tertiary/aromatic N) is 1. The van der Waals surface area contributed by atoms with Gasteiger partial charge < -0.3 is 10.2 Å². The molecule has 0 amide bonds. The van der Waals surface area contributed by atoms with Crippen LogP contribution in [0.15, 0.2) is 0 Å². The molecule has 0 unspecified atom stereocenters. The van der Waals surface area contributed by atoms with Crippen molar-refractivity contribution in [2.45, 2.75) is 20.8 Å². The molecule has 0 aliphatic carbocycles. The molecule has 0 aromatic rings. The summed E-state index contributed by atoms with van der Waals surface area (Å²) in [6, 6.07) is 0. The van der Waals surface area contributed by atoms with Crippen molar-refractivity contribution >= 4 is 11.8 Å². The van der Waals surface area contributed by atoms with E-state index in [2.05, 4.69) is 45.1 Å². The Kier molecular flexibility index (Phi) is 7.69. The zero-order valence-electron chi connectivity index (χ0n) is 10.4. The molecule has 14 heavy (non-hydrogen) atoms. The highest BCUT2D eigenvalue weighted by Gasteiger charge is 2.17. The van der Waals surface area contributed by atoms with Crippen molar-refractivity contribution in [3.05, 3.63) is 0 Å². The summed E-state index contributed by atoms with van der Waals surface area (Å²) < 4.78 is 0. The quantitative estimate of drug-likeness (QED) is 0.627. The van der Waals surface area contributed by atoms with Crippen LogP contribution in [0.1, 0.15) is 20.8 Å². The minimum absolute atomic E-state index is 0.375. The molecule has 0 radical (unpaired) electrons. The number of thioether (sulfide) groups is 1. The molecule has 0 bridgehead atoms. The van der Waals surface area contributed by atoms with Crippen molar-refractivity contribution in [1.29, 1.82) is 0 Å². The van der Waals surface area contributed by atoms with Gasteiger partial charge >= 0.3 is 0 Å². The van der Waals surface area contributed by atoms with E-state index in [1.165, 1.54) is 11.5 Å². The van der Waals surface area contributed by atoms with E-state index >= 15 is 0 Å². The average molecular weight is 218 g/mol. The third-order valence-corrected chi connectivity index (χ3v) is 2.88. The first-order valence-electron chi connectivity index (χ1n) is 5.41. The highest BCUT2D eigenvalue weighted by Crippen LogP contribution is 2.13. The summed E-state index contributed by atoms with van der Waals surface area (Å²) >= 11 is 2.00. The van der Waals surface area contributed by atoms with Gasteiger partial charge in [-0.15, -0.1) is 0 Å². The highest BCUT2D eigenvalue weighted by atomic mass is 32.2. The van der Waals surface area contributed by atoms with E-state index in [1.807, 2.05) is 11.8 Å². The van der Waals surface area contributed by atoms with E-state index in [-0.39, 0.29) is 0 Å². The van der Waals surface area contributed by atoms with E-state index in [0.717, 1.165) is 19.6 Å². The molecule has 0 aromatic carbocycles. The third-order valence-electron chi connectivity index (χ3n) is 1.98. The van der Waals surface area contributed by atoms with Crippen molar-refractivity contribution in [3.8, 4) is 0 Å². The summed E-state index contributed by atoms with van der Waals surface area (Å²) in [5.41, 5.74) is 0.375. The molecule has 0 aliphatic heterocycles. The van der Waals surface area contributed by atoms with Crippen LogP contribution in [0.25, 0.3) is 0 Å². The second-order valence-electron chi connectivity index (χ2n) is 4.78. The molecule has 0 saturated carbocycles. The molecular formula is C11H26N2S. The highest BCUT2D eigenvalue weighted by molar-refractivity contribution is 7.99. The van der Waals surface area contributed by atoms with Gasteiger partial charge in [-0.2, -0.15) is 11.8 Å². The molecule has 86 valence electrons. The van der Waals surface area contributed by atoms with Crippen molar-refractivity contribution in [3.63, 3.8) is 0 Å². The van der Waals surface area contributed by atoms with Crippen molar-refractivity contribution < 1.29 is 0 Å². The molecule has 0 rings (SSSR count). The first-order chi connectivity index (χ1) is 6.48. The fourth-order valence-corrected chi connectivity index (χ4v) is 2.20. The van der Waals surface area contributed by atoms with E-state index in [1.54, 1.807) is 0 Å². The molecule has 0 atom stereocenters. The Labute approximate surface area is 93.8 Å². The maximum Gasteiger partial charge on any atom is 0.00580 e. The van der Waals surface area contributed by atoms with Gasteiger partial charge in [0.1, 0.15) is 0 Å². The second-order valence-corrected chi connectivity index (χ2v) is 6.17. The van der Waals surface area contributed by atoms with Crippen LogP contribution in [-0.4, -0.2) is 50.1 Å². The Balaban J connectivity index is 3.45.